The number of halogens is 3. The van der Waals surface area contributed by atoms with E-state index in [4.69, 9.17) is 4.74 Å². The molecule has 4 heteroatoms. The highest BCUT2D eigenvalue weighted by Gasteiger charge is 2.31. The maximum atomic E-state index is 12.8. The summed E-state index contributed by atoms with van der Waals surface area (Å²) < 4.78 is 44.2. The van der Waals surface area contributed by atoms with E-state index in [1.54, 1.807) is 0 Å². The van der Waals surface area contributed by atoms with E-state index in [9.17, 15) is 13.2 Å². The molecule has 0 radical (unpaired) electrons. The molecule has 0 amide bonds. The predicted molar refractivity (Wildman–Crippen MR) is 79.2 cm³/mol. The van der Waals surface area contributed by atoms with Crippen LogP contribution in [0, 0.1) is 6.92 Å². The summed E-state index contributed by atoms with van der Waals surface area (Å²) in [6.07, 6.45) is -2.92. The molecule has 0 N–H and O–H groups in total. The molecule has 0 aliphatic carbocycles. The van der Waals surface area contributed by atoms with Crippen LogP contribution in [-0.4, -0.2) is 6.61 Å². The normalized spacial score (nSPS) is 18.3. The smallest absolute Gasteiger partial charge is 0.416 e. The zero-order valence-corrected chi connectivity index (χ0v) is 12.3. The number of rotatable bonds is 1. The summed E-state index contributed by atoms with van der Waals surface area (Å²) >= 11 is 0. The first kappa shape index (κ1) is 14.9. The van der Waals surface area contributed by atoms with Gasteiger partial charge >= 0.3 is 6.18 Å². The minimum atomic E-state index is -4.31. The minimum Gasteiger partial charge on any atom is -0.493 e. The first-order valence-electron chi connectivity index (χ1n) is 7.33. The fourth-order valence-electron chi connectivity index (χ4n) is 2.88. The van der Waals surface area contributed by atoms with Gasteiger partial charge in [-0.15, -0.1) is 0 Å². The van der Waals surface area contributed by atoms with Crippen LogP contribution < -0.4 is 4.74 Å². The van der Waals surface area contributed by atoms with Crippen molar-refractivity contribution in [3.63, 3.8) is 0 Å². The van der Waals surface area contributed by atoms with Crippen molar-refractivity contribution < 1.29 is 17.9 Å². The molecule has 1 nitrogen and oxygen atoms in total. The van der Waals surface area contributed by atoms with E-state index in [0.717, 1.165) is 12.5 Å². The Kier molecular flexibility index (Phi) is 3.85. The Morgan fingerprint density at radius 2 is 1.91 bits per heavy atom. The Morgan fingerprint density at radius 1 is 1.09 bits per heavy atom. The quantitative estimate of drug-likeness (QED) is 0.710. The average molecular weight is 306 g/mol. The lowest BCUT2D eigenvalue weighted by atomic mass is 9.92. The van der Waals surface area contributed by atoms with E-state index in [0.29, 0.717) is 24.3 Å². The topological polar surface area (TPSA) is 9.23 Å². The molecule has 1 aliphatic heterocycles. The summed E-state index contributed by atoms with van der Waals surface area (Å²) in [5, 5.41) is 0. The number of hydrogen-bond acceptors (Lipinski definition) is 1. The Labute approximate surface area is 127 Å². The highest BCUT2D eigenvalue weighted by atomic mass is 19.4. The summed E-state index contributed by atoms with van der Waals surface area (Å²) in [6, 6.07) is 12.0. The molecule has 0 spiro atoms. The maximum absolute atomic E-state index is 12.8. The van der Waals surface area contributed by atoms with Gasteiger partial charge in [-0.1, -0.05) is 29.8 Å². The van der Waals surface area contributed by atoms with Gasteiger partial charge in [-0.05, 0) is 49.1 Å². The minimum absolute atomic E-state index is 0.210. The monoisotopic (exact) mass is 306 g/mol. The van der Waals surface area contributed by atoms with E-state index in [1.165, 1.54) is 23.3 Å². The van der Waals surface area contributed by atoms with Crippen molar-refractivity contribution in [2.75, 3.05) is 6.61 Å². The fraction of sp³-hybridized carbons (Fsp3) is 0.333. The third-order valence-electron chi connectivity index (χ3n) is 4.10. The molecule has 2 aromatic carbocycles. The van der Waals surface area contributed by atoms with Gasteiger partial charge in [0, 0.05) is 5.92 Å². The summed E-state index contributed by atoms with van der Waals surface area (Å²) in [5.41, 5.74) is 2.40. The molecule has 116 valence electrons. The van der Waals surface area contributed by atoms with Gasteiger partial charge in [0.15, 0.2) is 0 Å². The van der Waals surface area contributed by atoms with E-state index >= 15 is 0 Å². The number of ether oxygens (including phenoxy) is 1. The highest BCUT2D eigenvalue weighted by molar-refractivity contribution is 5.40. The summed E-state index contributed by atoms with van der Waals surface area (Å²) in [5.74, 6) is 0.782. The number of hydrogen-bond donors (Lipinski definition) is 0. The molecule has 0 saturated heterocycles. The van der Waals surface area contributed by atoms with E-state index in [2.05, 4.69) is 12.1 Å². The van der Waals surface area contributed by atoms with Crippen molar-refractivity contribution in [3.05, 3.63) is 64.7 Å². The largest absolute Gasteiger partial charge is 0.493 e. The molecule has 3 rings (SSSR count). The zero-order chi connectivity index (χ0) is 15.7. The van der Waals surface area contributed by atoms with Crippen LogP contribution in [0.4, 0.5) is 13.2 Å². The molecular formula is C18H17F3O. The molecule has 1 atom stereocenters. The van der Waals surface area contributed by atoms with Gasteiger partial charge in [0.2, 0.25) is 0 Å². The van der Waals surface area contributed by atoms with Gasteiger partial charge in [0.1, 0.15) is 5.75 Å². The first-order valence-corrected chi connectivity index (χ1v) is 7.33. The van der Waals surface area contributed by atoms with Crippen LogP contribution >= 0.6 is 0 Å². The maximum Gasteiger partial charge on any atom is 0.416 e. The molecule has 2 aromatic rings. The van der Waals surface area contributed by atoms with Crippen LogP contribution in [0.5, 0.6) is 5.75 Å². The van der Waals surface area contributed by atoms with Gasteiger partial charge < -0.3 is 4.74 Å². The van der Waals surface area contributed by atoms with Gasteiger partial charge in [-0.2, -0.15) is 13.2 Å². The van der Waals surface area contributed by atoms with Crippen molar-refractivity contribution in [1.29, 1.82) is 0 Å². The molecule has 0 saturated carbocycles. The van der Waals surface area contributed by atoms with Crippen molar-refractivity contribution in [3.8, 4) is 5.75 Å². The average Bonchev–Trinajstić information content (AvgIpc) is 2.68. The summed E-state index contributed by atoms with van der Waals surface area (Å²) in [6.45, 7) is 2.53. The van der Waals surface area contributed by atoms with Gasteiger partial charge in [0.25, 0.3) is 0 Å². The zero-order valence-electron chi connectivity index (χ0n) is 12.3. The molecule has 1 aliphatic rings. The van der Waals surface area contributed by atoms with Crippen LogP contribution in [0.2, 0.25) is 0 Å². The lowest BCUT2D eigenvalue weighted by molar-refractivity contribution is -0.137. The highest BCUT2D eigenvalue weighted by Crippen LogP contribution is 2.36. The second kappa shape index (κ2) is 5.67. The van der Waals surface area contributed by atoms with E-state index < -0.39 is 11.7 Å². The third-order valence-corrected chi connectivity index (χ3v) is 4.10. The Bertz CT molecular complexity index is 676. The standard InChI is InChI=1S/C18H17F3O/c1-12-3-2-4-13(9-12)15-6-5-14-10-16(18(19,20)21)7-8-17(14)22-11-15/h2-4,7-10,15H,5-6,11H2,1H3. The Hall–Kier alpha value is -1.97. The van der Waals surface area contributed by atoms with Crippen LogP contribution in [0.1, 0.15) is 34.6 Å². The Balaban J connectivity index is 1.83. The van der Waals surface area contributed by atoms with Crippen molar-refractivity contribution in [1.82, 2.24) is 0 Å². The number of alkyl halides is 3. The molecule has 22 heavy (non-hydrogen) atoms. The van der Waals surface area contributed by atoms with Gasteiger partial charge in [0.05, 0.1) is 12.2 Å². The molecule has 1 unspecified atom stereocenters. The Morgan fingerprint density at radius 3 is 2.64 bits per heavy atom. The van der Waals surface area contributed by atoms with E-state index in [1.807, 2.05) is 19.1 Å². The summed E-state index contributed by atoms with van der Waals surface area (Å²) in [4.78, 5) is 0. The van der Waals surface area contributed by atoms with Gasteiger partial charge in [-0.25, -0.2) is 0 Å². The second-order valence-corrected chi connectivity index (χ2v) is 5.78. The lowest BCUT2D eigenvalue weighted by Crippen LogP contribution is -2.08. The fourth-order valence-corrected chi connectivity index (χ4v) is 2.88. The molecule has 1 heterocycles. The van der Waals surface area contributed by atoms with Gasteiger partial charge in [-0.3, -0.25) is 0 Å². The van der Waals surface area contributed by atoms with Crippen molar-refractivity contribution in [2.24, 2.45) is 0 Å². The first-order chi connectivity index (χ1) is 10.4. The molecule has 0 fully saturated rings. The third kappa shape index (κ3) is 3.11. The number of benzene rings is 2. The SMILES string of the molecule is Cc1cccc(C2CCc3cc(C(F)(F)F)ccc3OC2)c1. The van der Waals surface area contributed by atoms with E-state index in [-0.39, 0.29) is 5.92 Å². The molecule has 0 bridgehead atoms. The second-order valence-electron chi connectivity index (χ2n) is 5.78. The van der Waals surface area contributed by atoms with Crippen LogP contribution in [-0.2, 0) is 12.6 Å². The van der Waals surface area contributed by atoms with Crippen LogP contribution in [0.25, 0.3) is 0 Å². The number of fused-ring (bicyclic) bond motifs is 1. The predicted octanol–water partition coefficient (Wildman–Crippen LogP) is 5.12. The molecule has 0 aromatic heterocycles. The number of aryl methyl sites for hydroxylation is 2. The van der Waals surface area contributed by atoms with Crippen LogP contribution in [0.15, 0.2) is 42.5 Å². The molecular weight excluding hydrogens is 289 g/mol. The summed E-state index contributed by atoms with van der Waals surface area (Å²) in [7, 11) is 0. The van der Waals surface area contributed by atoms with Crippen molar-refractivity contribution >= 4 is 0 Å². The lowest BCUT2D eigenvalue weighted by Gasteiger charge is -2.15. The van der Waals surface area contributed by atoms with Crippen LogP contribution in [0.3, 0.4) is 0 Å². The van der Waals surface area contributed by atoms with Crippen molar-refractivity contribution in [2.45, 2.75) is 31.9 Å².